The summed E-state index contributed by atoms with van der Waals surface area (Å²) in [5, 5.41) is 3.95. The summed E-state index contributed by atoms with van der Waals surface area (Å²) in [7, 11) is 0. The van der Waals surface area contributed by atoms with Crippen molar-refractivity contribution in [2.45, 2.75) is 57.5 Å². The van der Waals surface area contributed by atoms with Gasteiger partial charge in [0.2, 0.25) is 0 Å². The van der Waals surface area contributed by atoms with Gasteiger partial charge < -0.3 is 15.2 Å². The highest BCUT2D eigenvalue weighted by atomic mass is 35.5. The van der Waals surface area contributed by atoms with E-state index in [9.17, 15) is 13.6 Å². The van der Waals surface area contributed by atoms with Gasteiger partial charge in [0.25, 0.3) is 5.91 Å². The van der Waals surface area contributed by atoms with Crippen molar-refractivity contribution in [1.29, 1.82) is 0 Å². The third-order valence-corrected chi connectivity index (χ3v) is 6.47. The number of carbonyl (C=O) groups excluding carboxylic acids is 1. The van der Waals surface area contributed by atoms with Gasteiger partial charge in [-0.1, -0.05) is 19.8 Å². The lowest BCUT2D eigenvalue weighted by Gasteiger charge is -2.45. The highest BCUT2D eigenvalue weighted by Crippen LogP contribution is 2.44. The van der Waals surface area contributed by atoms with Crippen LogP contribution < -0.4 is 5.32 Å². The molecule has 30 heavy (non-hydrogen) atoms. The molecule has 162 valence electrons. The number of benzene rings is 1. The molecule has 1 aromatic carbocycles. The van der Waals surface area contributed by atoms with Gasteiger partial charge in [0, 0.05) is 23.2 Å². The molecule has 0 spiro atoms. The SMILES string of the molecule is C#CC(=O)N1[C@@H](CCCC)Cc2c([nH]c3c(F)cc(F)cc23)[C@@H]1C1CCNCC1.Cl. The molecule has 0 saturated carbocycles. The number of carbonyl (C=O) groups is 1. The number of halogens is 3. The summed E-state index contributed by atoms with van der Waals surface area (Å²) in [5.41, 5.74) is 2.08. The van der Waals surface area contributed by atoms with Crippen LogP contribution in [0.2, 0.25) is 0 Å². The number of aromatic amines is 1. The van der Waals surface area contributed by atoms with Crippen molar-refractivity contribution in [2.75, 3.05) is 13.1 Å². The third kappa shape index (κ3) is 3.93. The van der Waals surface area contributed by atoms with Crippen molar-refractivity contribution in [2.24, 2.45) is 5.92 Å². The first-order valence-corrected chi connectivity index (χ1v) is 10.5. The van der Waals surface area contributed by atoms with Crippen LogP contribution >= 0.6 is 12.4 Å². The van der Waals surface area contributed by atoms with Crippen molar-refractivity contribution in [1.82, 2.24) is 15.2 Å². The van der Waals surface area contributed by atoms with Gasteiger partial charge in [-0.05, 0) is 62.2 Å². The van der Waals surface area contributed by atoms with E-state index in [0.717, 1.165) is 62.5 Å². The van der Waals surface area contributed by atoms with E-state index in [0.29, 0.717) is 17.3 Å². The van der Waals surface area contributed by atoms with E-state index < -0.39 is 11.6 Å². The van der Waals surface area contributed by atoms with E-state index in [1.54, 1.807) is 0 Å². The number of nitrogens with one attached hydrogen (secondary N) is 2. The normalized spacial score (nSPS) is 21.7. The number of hydrogen-bond acceptors (Lipinski definition) is 2. The predicted octanol–water partition coefficient (Wildman–Crippen LogP) is 4.49. The molecule has 2 aliphatic heterocycles. The fourth-order valence-corrected chi connectivity index (χ4v) is 5.14. The monoisotopic (exact) mass is 435 g/mol. The van der Waals surface area contributed by atoms with E-state index in [2.05, 4.69) is 23.1 Å². The van der Waals surface area contributed by atoms with Crippen LogP contribution in [0.5, 0.6) is 0 Å². The molecule has 2 aliphatic rings. The smallest absolute Gasteiger partial charge is 0.299 e. The summed E-state index contributed by atoms with van der Waals surface area (Å²) >= 11 is 0. The van der Waals surface area contributed by atoms with Gasteiger partial charge in [-0.25, -0.2) is 8.78 Å². The molecule has 0 radical (unpaired) electrons. The third-order valence-electron chi connectivity index (χ3n) is 6.47. The molecule has 7 heteroatoms. The molecule has 1 saturated heterocycles. The average molecular weight is 436 g/mol. The molecule has 4 nitrogen and oxygen atoms in total. The van der Waals surface area contributed by atoms with Crippen LogP contribution in [0.25, 0.3) is 10.9 Å². The number of nitrogens with zero attached hydrogens (tertiary/aromatic N) is 1. The number of unbranched alkanes of at least 4 members (excludes halogenated alkanes) is 1. The Labute approximate surface area is 182 Å². The van der Waals surface area contributed by atoms with Crippen molar-refractivity contribution in [3.05, 3.63) is 35.0 Å². The summed E-state index contributed by atoms with van der Waals surface area (Å²) in [4.78, 5) is 17.9. The Morgan fingerprint density at radius 3 is 2.70 bits per heavy atom. The Balaban J connectivity index is 0.00000256. The molecule has 2 atom stereocenters. The molecule has 2 N–H and O–H groups in total. The molecule has 0 aliphatic carbocycles. The van der Waals surface area contributed by atoms with Crippen molar-refractivity contribution < 1.29 is 13.6 Å². The van der Waals surface area contributed by atoms with E-state index in [4.69, 9.17) is 6.42 Å². The quantitative estimate of drug-likeness (QED) is 0.695. The lowest BCUT2D eigenvalue weighted by molar-refractivity contribution is -0.133. The number of H-pyrrole nitrogens is 1. The van der Waals surface area contributed by atoms with Crippen molar-refractivity contribution >= 4 is 29.2 Å². The fourth-order valence-electron chi connectivity index (χ4n) is 5.14. The van der Waals surface area contributed by atoms with Crippen LogP contribution in [-0.4, -0.2) is 34.9 Å². The summed E-state index contributed by atoms with van der Waals surface area (Å²) in [5.74, 6) is 1.04. The molecule has 0 unspecified atom stereocenters. The predicted molar refractivity (Wildman–Crippen MR) is 116 cm³/mol. The first kappa shape index (κ1) is 22.6. The maximum absolute atomic E-state index is 14.5. The number of fused-ring (bicyclic) bond motifs is 3. The van der Waals surface area contributed by atoms with Gasteiger partial charge in [0.15, 0.2) is 0 Å². The average Bonchev–Trinajstić information content (AvgIpc) is 3.09. The van der Waals surface area contributed by atoms with Gasteiger partial charge in [-0.3, -0.25) is 4.79 Å². The summed E-state index contributed by atoms with van der Waals surface area (Å²) in [6, 6.07) is 2.02. The fraction of sp³-hybridized carbons (Fsp3) is 0.522. The highest BCUT2D eigenvalue weighted by Gasteiger charge is 2.43. The first-order chi connectivity index (χ1) is 14.0. The van der Waals surface area contributed by atoms with Gasteiger partial charge in [-0.2, -0.15) is 0 Å². The highest BCUT2D eigenvalue weighted by molar-refractivity contribution is 5.94. The first-order valence-electron chi connectivity index (χ1n) is 10.5. The number of aromatic nitrogens is 1. The van der Waals surface area contributed by atoms with Crippen LogP contribution in [0.15, 0.2) is 12.1 Å². The summed E-state index contributed by atoms with van der Waals surface area (Å²) in [6.07, 6.45) is 10.7. The lowest BCUT2D eigenvalue weighted by atomic mass is 9.80. The van der Waals surface area contributed by atoms with Crippen molar-refractivity contribution in [3.8, 4) is 12.3 Å². The van der Waals surface area contributed by atoms with E-state index in [1.165, 1.54) is 6.07 Å². The zero-order valence-corrected chi connectivity index (χ0v) is 18.0. The number of terminal acetylenes is 1. The molecule has 2 aromatic rings. The largest absolute Gasteiger partial charge is 0.354 e. The minimum Gasteiger partial charge on any atom is -0.354 e. The van der Waals surface area contributed by atoms with Gasteiger partial charge >= 0.3 is 0 Å². The van der Waals surface area contributed by atoms with Gasteiger partial charge in [0.05, 0.1) is 11.6 Å². The zero-order chi connectivity index (χ0) is 20.5. The molecule has 3 heterocycles. The summed E-state index contributed by atoms with van der Waals surface area (Å²) < 4.78 is 28.5. The van der Waals surface area contributed by atoms with Crippen molar-refractivity contribution in [3.63, 3.8) is 0 Å². The van der Waals surface area contributed by atoms with Crippen LogP contribution in [-0.2, 0) is 11.2 Å². The molecule has 1 aromatic heterocycles. The Kier molecular flexibility index (Phi) is 7.05. The van der Waals surface area contributed by atoms with Crippen LogP contribution in [0, 0.1) is 29.9 Å². The second-order valence-corrected chi connectivity index (χ2v) is 8.22. The molecular weight excluding hydrogens is 408 g/mol. The van der Waals surface area contributed by atoms with Crippen LogP contribution in [0.3, 0.4) is 0 Å². The second kappa shape index (κ2) is 9.36. The molecule has 0 bridgehead atoms. The van der Waals surface area contributed by atoms with Crippen LogP contribution in [0.1, 0.15) is 56.3 Å². The number of piperidine rings is 1. The van der Waals surface area contributed by atoms with E-state index in [-0.39, 0.29) is 36.3 Å². The maximum atomic E-state index is 14.5. The number of amides is 1. The Morgan fingerprint density at radius 1 is 1.30 bits per heavy atom. The minimum absolute atomic E-state index is 0. The number of hydrogen-bond donors (Lipinski definition) is 2. The zero-order valence-electron chi connectivity index (χ0n) is 17.1. The molecule has 1 fully saturated rings. The Bertz CT molecular complexity index is 961. The Morgan fingerprint density at radius 2 is 2.03 bits per heavy atom. The molecule has 4 rings (SSSR count). The van der Waals surface area contributed by atoms with E-state index >= 15 is 0 Å². The van der Waals surface area contributed by atoms with Gasteiger partial charge in [-0.15, -0.1) is 18.8 Å². The molecular formula is C23H28ClF2N3O. The summed E-state index contributed by atoms with van der Waals surface area (Å²) in [6.45, 7) is 3.86. The topological polar surface area (TPSA) is 48.1 Å². The number of rotatable bonds is 4. The van der Waals surface area contributed by atoms with Gasteiger partial charge in [0.1, 0.15) is 11.6 Å². The lowest BCUT2D eigenvalue weighted by Crippen LogP contribution is -2.50. The maximum Gasteiger partial charge on any atom is 0.299 e. The minimum atomic E-state index is -0.599. The van der Waals surface area contributed by atoms with Crippen LogP contribution in [0.4, 0.5) is 8.78 Å². The van der Waals surface area contributed by atoms with E-state index in [1.807, 2.05) is 4.90 Å². The standard InChI is InChI=1S/C23H27F2N3O.ClH/c1-3-5-6-16-13-18-17-11-15(24)12-19(25)21(17)27-22(18)23(28(16)20(29)4-2)14-7-9-26-10-8-14;/h2,11-12,14,16,23,26-27H,3,5-10,13H2,1H3;1H/t16-,23-;/m0./s1. The second-order valence-electron chi connectivity index (χ2n) is 8.22. The Hall–Kier alpha value is -2.10. The molecule has 1 amide bonds.